The lowest BCUT2D eigenvalue weighted by Crippen LogP contribution is -2.23. The Morgan fingerprint density at radius 3 is 2.33 bits per heavy atom. The Kier molecular flexibility index (Phi) is 13.5. The first kappa shape index (κ1) is 17.1. The number of rotatable bonds is 13. The number of amides is 1. The maximum absolute atomic E-state index is 11.4. The predicted octanol–water partition coefficient (Wildman–Crippen LogP) is 2.16. The summed E-state index contributed by atoms with van der Waals surface area (Å²) in [6.07, 6.45) is 10.6. The third-order valence-electron chi connectivity index (χ3n) is 2.93. The van der Waals surface area contributed by atoms with Gasteiger partial charge in [0.25, 0.3) is 0 Å². The Morgan fingerprint density at radius 1 is 0.944 bits per heavy atom. The van der Waals surface area contributed by atoms with E-state index in [1.54, 1.807) is 0 Å². The molecule has 0 aromatic rings. The normalized spacial score (nSPS) is 10.3. The van der Waals surface area contributed by atoms with Crippen molar-refractivity contribution in [1.29, 1.82) is 0 Å². The zero-order valence-electron chi connectivity index (χ0n) is 11.5. The molecule has 0 saturated carbocycles. The summed E-state index contributed by atoms with van der Waals surface area (Å²) in [7, 11) is 0. The Balaban J connectivity index is 3.14. The van der Waals surface area contributed by atoms with Gasteiger partial charge in [-0.3, -0.25) is 4.79 Å². The molecular formula is C14H28N2O2. The van der Waals surface area contributed by atoms with Gasteiger partial charge in [0.1, 0.15) is 6.29 Å². The number of nitrogens with one attached hydrogen (secondary N) is 1. The van der Waals surface area contributed by atoms with Crippen molar-refractivity contribution >= 4 is 12.2 Å². The lowest BCUT2D eigenvalue weighted by Gasteiger charge is -2.05. The van der Waals surface area contributed by atoms with E-state index in [9.17, 15) is 9.59 Å². The fourth-order valence-electron chi connectivity index (χ4n) is 1.81. The molecule has 0 fully saturated rings. The summed E-state index contributed by atoms with van der Waals surface area (Å²) in [6, 6.07) is 0. The Bertz CT molecular complexity index is 208. The van der Waals surface area contributed by atoms with Crippen molar-refractivity contribution < 1.29 is 9.59 Å². The van der Waals surface area contributed by atoms with Gasteiger partial charge in [0.15, 0.2) is 0 Å². The summed E-state index contributed by atoms with van der Waals surface area (Å²) in [6.45, 7) is 1.57. The van der Waals surface area contributed by atoms with Crippen molar-refractivity contribution in [1.82, 2.24) is 5.32 Å². The first-order valence-electron chi connectivity index (χ1n) is 7.21. The molecule has 0 radical (unpaired) electrons. The van der Waals surface area contributed by atoms with E-state index < -0.39 is 0 Å². The van der Waals surface area contributed by atoms with E-state index in [1.165, 1.54) is 19.3 Å². The highest BCUT2D eigenvalue weighted by atomic mass is 16.1. The van der Waals surface area contributed by atoms with Crippen molar-refractivity contribution in [2.75, 3.05) is 13.1 Å². The SMILES string of the molecule is NCCCCCCCNC(=O)CCCCCC=O. The molecule has 0 bridgehead atoms. The molecule has 0 aliphatic heterocycles. The van der Waals surface area contributed by atoms with E-state index in [0.29, 0.717) is 12.8 Å². The van der Waals surface area contributed by atoms with Crippen LogP contribution in [0.1, 0.15) is 64.2 Å². The Hall–Kier alpha value is -0.900. The van der Waals surface area contributed by atoms with E-state index in [-0.39, 0.29) is 5.91 Å². The zero-order chi connectivity index (χ0) is 13.5. The van der Waals surface area contributed by atoms with Gasteiger partial charge in [0.05, 0.1) is 0 Å². The van der Waals surface area contributed by atoms with E-state index >= 15 is 0 Å². The van der Waals surface area contributed by atoms with Crippen LogP contribution in [0.4, 0.5) is 0 Å². The van der Waals surface area contributed by atoms with Crippen LogP contribution in [0.25, 0.3) is 0 Å². The fraction of sp³-hybridized carbons (Fsp3) is 0.857. The van der Waals surface area contributed by atoms with Crippen LogP contribution in [0.5, 0.6) is 0 Å². The molecule has 0 unspecified atom stereocenters. The van der Waals surface area contributed by atoms with Gasteiger partial charge in [0, 0.05) is 19.4 Å². The second kappa shape index (κ2) is 14.2. The summed E-state index contributed by atoms with van der Waals surface area (Å²) >= 11 is 0. The van der Waals surface area contributed by atoms with Gasteiger partial charge in [-0.25, -0.2) is 0 Å². The number of aldehydes is 1. The molecule has 3 N–H and O–H groups in total. The van der Waals surface area contributed by atoms with E-state index in [4.69, 9.17) is 5.73 Å². The van der Waals surface area contributed by atoms with Gasteiger partial charge < -0.3 is 15.8 Å². The number of carbonyl (C=O) groups excluding carboxylic acids is 2. The molecule has 0 atom stereocenters. The Morgan fingerprint density at radius 2 is 1.61 bits per heavy atom. The van der Waals surface area contributed by atoms with Crippen LogP contribution in [0.2, 0.25) is 0 Å². The lowest BCUT2D eigenvalue weighted by molar-refractivity contribution is -0.121. The minimum absolute atomic E-state index is 0.142. The molecule has 0 rings (SSSR count). The van der Waals surface area contributed by atoms with Crippen LogP contribution in [-0.2, 0) is 9.59 Å². The monoisotopic (exact) mass is 256 g/mol. The van der Waals surface area contributed by atoms with Gasteiger partial charge in [-0.1, -0.05) is 25.7 Å². The maximum atomic E-state index is 11.4. The second-order valence-corrected chi connectivity index (χ2v) is 4.67. The standard InChI is InChI=1S/C14H28N2O2/c15-11-7-3-1-4-8-12-16-14(18)10-6-2-5-9-13-17/h13H,1-12,15H2,(H,16,18). The minimum Gasteiger partial charge on any atom is -0.356 e. The van der Waals surface area contributed by atoms with Crippen molar-refractivity contribution in [3.63, 3.8) is 0 Å². The molecule has 0 aromatic heterocycles. The number of unbranched alkanes of at least 4 members (excludes halogenated alkanes) is 7. The summed E-state index contributed by atoms with van der Waals surface area (Å²) in [5, 5.41) is 2.93. The van der Waals surface area contributed by atoms with E-state index in [1.807, 2.05) is 0 Å². The summed E-state index contributed by atoms with van der Waals surface area (Å²) in [4.78, 5) is 21.5. The first-order chi connectivity index (χ1) is 8.81. The van der Waals surface area contributed by atoms with Crippen LogP contribution < -0.4 is 11.1 Å². The minimum atomic E-state index is 0.142. The molecule has 0 aromatic carbocycles. The van der Waals surface area contributed by atoms with Gasteiger partial charge in [-0.2, -0.15) is 0 Å². The third-order valence-corrected chi connectivity index (χ3v) is 2.93. The quantitative estimate of drug-likeness (QED) is 0.392. The molecule has 0 saturated heterocycles. The second-order valence-electron chi connectivity index (χ2n) is 4.67. The van der Waals surface area contributed by atoms with Gasteiger partial charge >= 0.3 is 0 Å². The molecular weight excluding hydrogens is 228 g/mol. The summed E-state index contributed by atoms with van der Waals surface area (Å²) < 4.78 is 0. The topological polar surface area (TPSA) is 72.2 Å². The molecule has 106 valence electrons. The molecule has 0 aliphatic carbocycles. The van der Waals surface area contributed by atoms with Crippen molar-refractivity contribution in [3.05, 3.63) is 0 Å². The molecule has 4 nitrogen and oxygen atoms in total. The summed E-state index contributed by atoms with van der Waals surface area (Å²) in [5.41, 5.74) is 5.41. The fourth-order valence-corrected chi connectivity index (χ4v) is 1.81. The van der Waals surface area contributed by atoms with Gasteiger partial charge in [-0.15, -0.1) is 0 Å². The average molecular weight is 256 g/mol. The smallest absolute Gasteiger partial charge is 0.219 e. The molecule has 0 spiro atoms. The molecule has 0 heterocycles. The van der Waals surface area contributed by atoms with Crippen LogP contribution in [0.3, 0.4) is 0 Å². The van der Waals surface area contributed by atoms with Gasteiger partial charge in [-0.05, 0) is 32.2 Å². The predicted molar refractivity (Wildman–Crippen MR) is 74.3 cm³/mol. The summed E-state index contributed by atoms with van der Waals surface area (Å²) in [5.74, 6) is 0.142. The number of nitrogens with two attached hydrogens (primary N) is 1. The highest BCUT2D eigenvalue weighted by Gasteiger charge is 2.00. The van der Waals surface area contributed by atoms with Gasteiger partial charge in [0.2, 0.25) is 5.91 Å². The zero-order valence-corrected chi connectivity index (χ0v) is 11.5. The van der Waals surface area contributed by atoms with Crippen LogP contribution in [-0.4, -0.2) is 25.3 Å². The largest absolute Gasteiger partial charge is 0.356 e. The first-order valence-corrected chi connectivity index (χ1v) is 7.21. The van der Waals surface area contributed by atoms with Crippen molar-refractivity contribution in [2.45, 2.75) is 64.2 Å². The third kappa shape index (κ3) is 13.2. The Labute approximate surface area is 111 Å². The van der Waals surface area contributed by atoms with Crippen molar-refractivity contribution in [2.24, 2.45) is 5.73 Å². The number of carbonyl (C=O) groups is 2. The maximum Gasteiger partial charge on any atom is 0.219 e. The average Bonchev–Trinajstić information content (AvgIpc) is 2.37. The highest BCUT2D eigenvalue weighted by Crippen LogP contribution is 2.03. The van der Waals surface area contributed by atoms with Crippen LogP contribution in [0.15, 0.2) is 0 Å². The highest BCUT2D eigenvalue weighted by molar-refractivity contribution is 5.75. The molecule has 18 heavy (non-hydrogen) atoms. The van der Waals surface area contributed by atoms with E-state index in [0.717, 1.165) is 51.5 Å². The van der Waals surface area contributed by atoms with Crippen LogP contribution in [0, 0.1) is 0 Å². The van der Waals surface area contributed by atoms with Crippen LogP contribution >= 0.6 is 0 Å². The van der Waals surface area contributed by atoms with Crippen molar-refractivity contribution in [3.8, 4) is 0 Å². The molecule has 1 amide bonds. The molecule has 0 aliphatic rings. The molecule has 4 heteroatoms. The lowest BCUT2D eigenvalue weighted by atomic mass is 10.1. The number of hydrogen-bond acceptors (Lipinski definition) is 3. The number of hydrogen-bond donors (Lipinski definition) is 2. The van der Waals surface area contributed by atoms with E-state index in [2.05, 4.69) is 5.32 Å².